The number of nitriles is 1. The van der Waals surface area contributed by atoms with Crippen LogP contribution < -0.4 is 10.5 Å². The zero-order chi connectivity index (χ0) is 27.1. The lowest BCUT2D eigenvalue weighted by Gasteiger charge is -2.40. The maximum absolute atomic E-state index is 14.5. The van der Waals surface area contributed by atoms with Gasteiger partial charge in [-0.3, -0.25) is 9.48 Å². The molecule has 1 aromatic carbocycles. The van der Waals surface area contributed by atoms with Crippen molar-refractivity contribution in [3.63, 3.8) is 0 Å². The van der Waals surface area contributed by atoms with Gasteiger partial charge >= 0.3 is 6.03 Å². The molecule has 1 saturated heterocycles. The van der Waals surface area contributed by atoms with E-state index in [-0.39, 0.29) is 30.2 Å². The van der Waals surface area contributed by atoms with Crippen molar-refractivity contribution in [2.75, 3.05) is 13.1 Å². The second-order valence-electron chi connectivity index (χ2n) is 9.00. The van der Waals surface area contributed by atoms with E-state index in [2.05, 4.69) is 15.2 Å². The summed E-state index contributed by atoms with van der Waals surface area (Å²) in [6.07, 6.45) is 1.41. The molecule has 0 saturated carbocycles. The number of primary amides is 1. The molecular weight excluding hydrogens is 498 g/mol. The molecule has 2 aliphatic rings. The van der Waals surface area contributed by atoms with E-state index < -0.39 is 35.7 Å². The van der Waals surface area contributed by atoms with Crippen LogP contribution in [0.15, 0.2) is 35.4 Å². The van der Waals surface area contributed by atoms with Crippen LogP contribution in [0.4, 0.5) is 13.6 Å². The molecule has 1 atom stereocenters. The van der Waals surface area contributed by atoms with Gasteiger partial charge in [0.05, 0.1) is 42.2 Å². The van der Waals surface area contributed by atoms with Crippen LogP contribution in [0.2, 0.25) is 0 Å². The molecule has 11 nitrogen and oxygen atoms in total. The summed E-state index contributed by atoms with van der Waals surface area (Å²) < 4.78 is 35.7. The first kappa shape index (κ1) is 24.8. The van der Waals surface area contributed by atoms with Crippen LogP contribution in [0.1, 0.15) is 39.6 Å². The summed E-state index contributed by atoms with van der Waals surface area (Å²) >= 11 is 0. The van der Waals surface area contributed by atoms with E-state index in [1.54, 1.807) is 20.2 Å². The lowest BCUT2D eigenvalue weighted by Crippen LogP contribution is -2.59. The average molecular weight is 521 g/mol. The van der Waals surface area contributed by atoms with E-state index in [1.165, 1.54) is 38.9 Å². The van der Waals surface area contributed by atoms with Gasteiger partial charge in [-0.25, -0.2) is 23.6 Å². The van der Waals surface area contributed by atoms with Gasteiger partial charge in [-0.15, -0.1) is 0 Å². The maximum atomic E-state index is 14.5. The molecule has 0 spiro atoms. The molecular formula is C25H22F2N8O3. The van der Waals surface area contributed by atoms with Crippen LogP contribution in [0, 0.1) is 29.9 Å². The molecule has 2 aromatic heterocycles. The van der Waals surface area contributed by atoms with Gasteiger partial charge in [0.25, 0.3) is 11.8 Å². The van der Waals surface area contributed by atoms with Crippen LogP contribution >= 0.6 is 0 Å². The molecule has 13 heteroatoms. The number of pyridine rings is 1. The molecule has 2 N–H and O–H groups in total. The SMILES string of the molecule is Cc1c(C(N)=O)nn(C)c1-c1ccc(F)c(OC2CN(C(=O)N3N=CCC3c3cc(F)cc(C#N)c3)C2)n1. The summed E-state index contributed by atoms with van der Waals surface area (Å²) in [5.41, 5.74) is 7.42. The number of amides is 3. The second-order valence-corrected chi connectivity index (χ2v) is 9.00. The number of carbonyl (C=O) groups is 2. The Hall–Kier alpha value is -4.86. The molecule has 1 unspecified atom stereocenters. The zero-order valence-corrected chi connectivity index (χ0v) is 20.4. The fourth-order valence-electron chi connectivity index (χ4n) is 4.58. The quantitative estimate of drug-likeness (QED) is 0.548. The smallest absolute Gasteiger partial charge is 0.341 e. The Morgan fingerprint density at radius 3 is 2.66 bits per heavy atom. The third kappa shape index (κ3) is 4.40. The summed E-state index contributed by atoms with van der Waals surface area (Å²) in [5.74, 6) is -2.19. The first-order valence-electron chi connectivity index (χ1n) is 11.6. The number of urea groups is 1. The second kappa shape index (κ2) is 9.55. The first-order valence-corrected chi connectivity index (χ1v) is 11.6. The lowest BCUT2D eigenvalue weighted by molar-refractivity contribution is 0.0231. The average Bonchev–Trinajstić information content (AvgIpc) is 3.46. The molecule has 0 aliphatic carbocycles. The van der Waals surface area contributed by atoms with Crippen molar-refractivity contribution in [2.24, 2.45) is 17.9 Å². The number of nitrogens with two attached hydrogens (primary N) is 1. The topological polar surface area (TPSA) is 143 Å². The number of aryl methyl sites for hydroxylation is 1. The minimum Gasteiger partial charge on any atom is -0.468 e. The molecule has 3 aromatic rings. The Morgan fingerprint density at radius 1 is 1.21 bits per heavy atom. The van der Waals surface area contributed by atoms with Crippen LogP contribution in [0.5, 0.6) is 5.88 Å². The Morgan fingerprint density at radius 2 is 1.97 bits per heavy atom. The Balaban J connectivity index is 1.27. The lowest BCUT2D eigenvalue weighted by atomic mass is 10.0. The molecule has 5 rings (SSSR count). The maximum Gasteiger partial charge on any atom is 0.341 e. The van der Waals surface area contributed by atoms with Crippen LogP contribution in [0.3, 0.4) is 0 Å². The minimum absolute atomic E-state index is 0.0919. The van der Waals surface area contributed by atoms with Gasteiger partial charge in [-0.1, -0.05) is 0 Å². The van der Waals surface area contributed by atoms with Crippen molar-refractivity contribution >= 4 is 18.2 Å². The molecule has 0 bridgehead atoms. The number of nitrogens with zero attached hydrogens (tertiary/aromatic N) is 7. The van der Waals surface area contributed by atoms with Gasteiger partial charge < -0.3 is 15.4 Å². The number of hydrogen-bond acceptors (Lipinski definition) is 7. The summed E-state index contributed by atoms with van der Waals surface area (Å²) in [7, 11) is 1.62. The number of hydrogen-bond donors (Lipinski definition) is 1. The van der Waals surface area contributed by atoms with E-state index in [1.807, 2.05) is 6.07 Å². The van der Waals surface area contributed by atoms with E-state index in [0.29, 0.717) is 28.9 Å². The number of hydrazone groups is 1. The van der Waals surface area contributed by atoms with Gasteiger partial charge in [0.2, 0.25) is 0 Å². The summed E-state index contributed by atoms with van der Waals surface area (Å²) in [6.45, 7) is 1.99. The number of ether oxygens (including phenoxy) is 1. The van der Waals surface area contributed by atoms with Gasteiger partial charge in [0.1, 0.15) is 11.9 Å². The highest BCUT2D eigenvalue weighted by Gasteiger charge is 2.39. The molecule has 3 amide bonds. The van der Waals surface area contributed by atoms with Gasteiger partial charge in [0.15, 0.2) is 11.5 Å². The number of carbonyl (C=O) groups excluding carboxylic acids is 2. The fourth-order valence-corrected chi connectivity index (χ4v) is 4.58. The third-order valence-electron chi connectivity index (χ3n) is 6.43. The Kier molecular flexibility index (Phi) is 6.23. The van der Waals surface area contributed by atoms with Crippen LogP contribution in [-0.2, 0) is 7.05 Å². The summed E-state index contributed by atoms with van der Waals surface area (Å²) in [4.78, 5) is 30.4. The zero-order valence-electron chi connectivity index (χ0n) is 20.4. The monoisotopic (exact) mass is 520 g/mol. The van der Waals surface area contributed by atoms with Crippen molar-refractivity contribution < 1.29 is 23.1 Å². The fraction of sp³-hybridized carbons (Fsp3) is 0.280. The van der Waals surface area contributed by atoms with E-state index in [9.17, 15) is 18.4 Å². The highest BCUT2D eigenvalue weighted by atomic mass is 19.1. The Labute approximate surface area is 215 Å². The van der Waals surface area contributed by atoms with Crippen molar-refractivity contribution in [3.05, 3.63) is 64.4 Å². The van der Waals surface area contributed by atoms with Crippen molar-refractivity contribution in [2.45, 2.75) is 25.5 Å². The number of aromatic nitrogens is 3. The van der Waals surface area contributed by atoms with Gasteiger partial charge in [0, 0.05) is 25.2 Å². The predicted molar refractivity (Wildman–Crippen MR) is 130 cm³/mol. The van der Waals surface area contributed by atoms with E-state index >= 15 is 0 Å². The number of benzene rings is 1. The highest BCUT2D eigenvalue weighted by molar-refractivity contribution is 5.94. The summed E-state index contributed by atoms with van der Waals surface area (Å²) in [5, 5.41) is 18.6. The van der Waals surface area contributed by atoms with Crippen LogP contribution in [-0.4, -0.2) is 62.0 Å². The van der Waals surface area contributed by atoms with E-state index in [4.69, 9.17) is 15.7 Å². The number of rotatable bonds is 5. The normalized spacial score (nSPS) is 16.9. The summed E-state index contributed by atoms with van der Waals surface area (Å²) in [6, 6.07) is 7.52. The number of likely N-dealkylation sites (tertiary alicyclic amines) is 1. The molecule has 1 fully saturated rings. The predicted octanol–water partition coefficient (Wildman–Crippen LogP) is 2.66. The minimum atomic E-state index is -0.686. The largest absolute Gasteiger partial charge is 0.468 e. The molecule has 0 radical (unpaired) electrons. The van der Waals surface area contributed by atoms with Crippen molar-refractivity contribution in [3.8, 4) is 23.3 Å². The van der Waals surface area contributed by atoms with E-state index in [0.717, 1.165) is 6.07 Å². The molecule has 194 valence electrons. The van der Waals surface area contributed by atoms with Gasteiger partial charge in [-0.2, -0.15) is 15.5 Å². The standard InChI is InChI=1S/C25H22F2N8O3/c1-13-21(23(29)36)32-33(2)22(13)19-4-3-18(27)24(31-19)38-17-11-34(12-17)25(37)35-20(5-6-30-35)15-7-14(10-28)8-16(26)9-15/h3-4,6-9,17,20H,5,11-12H2,1-2H3,(H2,29,36). The first-order chi connectivity index (χ1) is 18.2. The molecule has 38 heavy (non-hydrogen) atoms. The molecule has 4 heterocycles. The van der Waals surface area contributed by atoms with Crippen molar-refractivity contribution in [1.29, 1.82) is 5.26 Å². The van der Waals surface area contributed by atoms with Crippen LogP contribution in [0.25, 0.3) is 11.4 Å². The number of halogens is 2. The highest BCUT2D eigenvalue weighted by Crippen LogP contribution is 2.32. The van der Waals surface area contributed by atoms with Crippen molar-refractivity contribution in [1.82, 2.24) is 24.7 Å². The Bertz CT molecular complexity index is 1520. The van der Waals surface area contributed by atoms with Gasteiger partial charge in [-0.05, 0) is 42.8 Å². The third-order valence-corrected chi connectivity index (χ3v) is 6.43. The molecule has 2 aliphatic heterocycles.